The summed E-state index contributed by atoms with van der Waals surface area (Å²) in [6.45, 7) is 13.7. The number of halogens is 5. The normalized spacial score (nSPS) is 13.1. The van der Waals surface area contributed by atoms with Crippen LogP contribution in [0.25, 0.3) is 56.0 Å². The molecule has 8 aromatic rings. The van der Waals surface area contributed by atoms with E-state index in [0.717, 1.165) is 54.1 Å². The second-order valence-electron chi connectivity index (χ2n) is 16.8. The minimum absolute atomic E-state index is 0.311. The lowest BCUT2D eigenvalue weighted by Crippen LogP contribution is -2.41. The molecule has 366 valence electrons. The van der Waals surface area contributed by atoms with Crippen LogP contribution in [0.5, 0.6) is 17.2 Å². The van der Waals surface area contributed by atoms with Crippen molar-refractivity contribution in [3.8, 4) is 73.3 Å². The van der Waals surface area contributed by atoms with Crippen LogP contribution in [0.3, 0.4) is 0 Å². The van der Waals surface area contributed by atoms with Crippen LogP contribution in [0, 0.1) is 24.4 Å². The molecule has 8 nitrogen and oxygen atoms in total. The first kappa shape index (κ1) is 54.0. The average Bonchev–Trinajstić information content (AvgIpc) is 3.62. The summed E-state index contributed by atoms with van der Waals surface area (Å²) >= 11 is 6.76. The number of nitrogens with zero attached hydrogens (tertiary/aromatic N) is 3. The first-order chi connectivity index (χ1) is 34.1. The molecule has 0 saturated carbocycles. The van der Waals surface area contributed by atoms with Gasteiger partial charge in [-0.2, -0.15) is 0 Å². The van der Waals surface area contributed by atoms with E-state index >= 15 is 8.78 Å². The second-order valence-corrected chi connectivity index (χ2v) is 18.4. The van der Waals surface area contributed by atoms with E-state index in [9.17, 15) is 4.39 Å². The lowest BCUT2D eigenvalue weighted by atomic mass is 9.77. The molecule has 0 unspecified atom stereocenters. The quantitative estimate of drug-likeness (QED) is 0.132. The van der Waals surface area contributed by atoms with Crippen molar-refractivity contribution in [2.75, 3.05) is 21.3 Å². The minimum Gasteiger partial charge on any atom is -0.496 e. The van der Waals surface area contributed by atoms with Gasteiger partial charge < -0.3 is 23.5 Å². The molecular formula is C57H55BBr2F3N3O5. The molecule has 71 heavy (non-hydrogen) atoms. The monoisotopic (exact) mass is 1090 g/mol. The molecule has 9 rings (SSSR count). The van der Waals surface area contributed by atoms with Crippen molar-refractivity contribution in [1.29, 1.82) is 0 Å². The molecule has 14 heteroatoms. The van der Waals surface area contributed by atoms with Gasteiger partial charge in [-0.15, -0.1) is 0 Å². The number of benzene rings is 5. The first-order valence-electron chi connectivity index (χ1n) is 22.8. The smallest absolute Gasteiger partial charge is 0.496 e. The molecule has 5 aromatic carbocycles. The number of aryl methyl sites for hydroxylation is 1. The third kappa shape index (κ3) is 12.4. The highest BCUT2D eigenvalue weighted by molar-refractivity contribution is 9.13. The summed E-state index contributed by atoms with van der Waals surface area (Å²) in [5, 5.41) is 0. The van der Waals surface area contributed by atoms with Gasteiger partial charge in [0.1, 0.15) is 34.7 Å². The Balaban J connectivity index is 0.000000194. The van der Waals surface area contributed by atoms with Crippen LogP contribution in [-0.2, 0) is 9.31 Å². The van der Waals surface area contributed by atoms with Gasteiger partial charge in [-0.25, -0.2) is 13.2 Å². The van der Waals surface area contributed by atoms with Gasteiger partial charge in [-0.3, -0.25) is 15.0 Å². The maximum absolute atomic E-state index is 15.4. The number of methoxy groups -OCH3 is 3. The van der Waals surface area contributed by atoms with Crippen molar-refractivity contribution in [3.05, 3.63) is 184 Å². The number of aromatic nitrogens is 3. The molecule has 1 aliphatic rings. The van der Waals surface area contributed by atoms with Gasteiger partial charge in [-0.05, 0) is 186 Å². The predicted molar refractivity (Wildman–Crippen MR) is 287 cm³/mol. The average molecular weight is 1090 g/mol. The Labute approximate surface area is 432 Å². The van der Waals surface area contributed by atoms with E-state index < -0.39 is 30.0 Å². The highest BCUT2D eigenvalue weighted by Crippen LogP contribution is 2.45. The van der Waals surface area contributed by atoms with Crippen LogP contribution >= 0.6 is 31.9 Å². The maximum atomic E-state index is 15.4. The fourth-order valence-electron chi connectivity index (χ4n) is 7.51. The lowest BCUT2D eigenvalue weighted by molar-refractivity contribution is 0.00578. The summed E-state index contributed by atoms with van der Waals surface area (Å²) in [4.78, 5) is 13.1. The van der Waals surface area contributed by atoms with Gasteiger partial charge >= 0.3 is 7.12 Å². The van der Waals surface area contributed by atoms with Crippen molar-refractivity contribution in [2.24, 2.45) is 0 Å². The van der Waals surface area contributed by atoms with Crippen LogP contribution in [0.4, 0.5) is 13.2 Å². The predicted octanol–water partition coefficient (Wildman–Crippen LogP) is 15.2. The van der Waals surface area contributed by atoms with E-state index in [1.54, 1.807) is 75.3 Å². The largest absolute Gasteiger partial charge is 0.497 e. The molecule has 0 bridgehead atoms. The Morgan fingerprint density at radius 3 is 1.25 bits per heavy atom. The number of rotatable bonds is 9. The molecule has 0 atom stereocenters. The number of hydrogen-bond acceptors (Lipinski definition) is 8. The van der Waals surface area contributed by atoms with Gasteiger partial charge in [0, 0.05) is 51.9 Å². The van der Waals surface area contributed by atoms with Crippen LogP contribution in [-0.4, -0.2) is 54.6 Å². The van der Waals surface area contributed by atoms with Crippen LogP contribution in [0.15, 0.2) is 161 Å². The fourth-order valence-corrected chi connectivity index (χ4v) is 8.49. The second kappa shape index (κ2) is 24.2. The van der Waals surface area contributed by atoms with Gasteiger partial charge in [0.2, 0.25) is 0 Å². The standard InChI is InChI=1S/C30H22F2N2O.C17H19BFNO2.C8H8Br2O2.C2H6/c1-19-9-14-28(35-2)30(23-18-21(11-13-25(23)32)27-8-4-6-16-34-27)29(19)22-17-20(10-12-24(22)31)26-7-3-5-15-33-26;1-16(2)17(3,4)22-18(21-16)13-11-12(8-9-14(13)19)15-7-5-6-10-20-15;1-11-5-3-4-6(12-2)8(10)7(5)9;1-2/h3-18H,1-2H3;5-11H,1-4H3;3-4H,1-2H3;1-2H3. The molecule has 1 aliphatic heterocycles. The molecule has 0 aliphatic carbocycles. The molecule has 4 heterocycles. The van der Waals surface area contributed by atoms with Gasteiger partial charge in [0.15, 0.2) is 0 Å². The Bertz CT molecular complexity index is 3020. The van der Waals surface area contributed by atoms with Crippen LogP contribution in [0.2, 0.25) is 0 Å². The summed E-state index contributed by atoms with van der Waals surface area (Å²) in [6, 6.07) is 38.7. The van der Waals surface area contributed by atoms with E-state index in [2.05, 4.69) is 46.8 Å². The van der Waals surface area contributed by atoms with Crippen LogP contribution in [0.1, 0.15) is 47.1 Å². The van der Waals surface area contributed by atoms with Crippen molar-refractivity contribution in [2.45, 2.75) is 59.7 Å². The SMILES string of the molecule is CC.CC1(C)OB(c2cc(-c3ccccn3)ccc2F)OC1(C)C.COc1ccc(C)c(-c2cc(-c3ccccn3)ccc2F)c1-c1cc(-c2ccccn2)ccc1F.COc1ccc(OC)c(Br)c1Br. The summed E-state index contributed by atoms with van der Waals surface area (Å²) in [6.07, 6.45) is 5.10. The number of pyridine rings is 3. The number of ether oxygens (including phenoxy) is 3. The Morgan fingerprint density at radius 1 is 0.479 bits per heavy atom. The molecule has 0 amide bonds. The zero-order valence-corrected chi connectivity index (χ0v) is 44.5. The van der Waals surface area contributed by atoms with Gasteiger partial charge in [0.05, 0.1) is 58.6 Å². The van der Waals surface area contributed by atoms with E-state index in [1.165, 1.54) is 25.3 Å². The van der Waals surface area contributed by atoms with Crippen LogP contribution < -0.4 is 19.7 Å². The molecule has 0 spiro atoms. The number of hydrogen-bond donors (Lipinski definition) is 0. The minimum atomic E-state index is -0.714. The molecule has 0 radical (unpaired) electrons. The summed E-state index contributed by atoms with van der Waals surface area (Å²) in [5.41, 5.74) is 6.50. The highest BCUT2D eigenvalue weighted by atomic mass is 79.9. The van der Waals surface area contributed by atoms with E-state index in [1.807, 2.05) is 121 Å². The maximum Gasteiger partial charge on any atom is 0.497 e. The Hall–Kier alpha value is -6.32. The molecule has 3 aromatic heterocycles. The van der Waals surface area contributed by atoms with Crippen molar-refractivity contribution in [3.63, 3.8) is 0 Å². The topological polar surface area (TPSA) is 84.8 Å². The van der Waals surface area contributed by atoms with Crippen molar-refractivity contribution >= 4 is 44.4 Å². The fraction of sp³-hybridized carbons (Fsp3) is 0.211. The highest BCUT2D eigenvalue weighted by Gasteiger charge is 2.52. The van der Waals surface area contributed by atoms with Gasteiger partial charge in [-0.1, -0.05) is 44.2 Å². The summed E-state index contributed by atoms with van der Waals surface area (Å²) in [5.74, 6) is 0.827. The third-order valence-corrected chi connectivity index (χ3v) is 14.0. The summed E-state index contributed by atoms with van der Waals surface area (Å²) < 4.78 is 74.5. The summed E-state index contributed by atoms with van der Waals surface area (Å²) in [7, 11) is 4.06. The Kier molecular flexibility index (Phi) is 18.4. The third-order valence-electron chi connectivity index (χ3n) is 11.9. The van der Waals surface area contributed by atoms with E-state index in [-0.39, 0.29) is 5.82 Å². The van der Waals surface area contributed by atoms with Gasteiger partial charge in [0.25, 0.3) is 0 Å². The van der Waals surface area contributed by atoms with E-state index in [4.69, 9.17) is 23.5 Å². The lowest BCUT2D eigenvalue weighted by Gasteiger charge is -2.32. The zero-order chi connectivity index (χ0) is 51.5. The molecule has 1 saturated heterocycles. The molecule has 1 fully saturated rings. The first-order valence-corrected chi connectivity index (χ1v) is 24.4. The zero-order valence-electron chi connectivity index (χ0n) is 41.3. The Morgan fingerprint density at radius 2 is 0.859 bits per heavy atom. The molecular weight excluding hydrogens is 1030 g/mol. The molecule has 0 N–H and O–H groups in total. The van der Waals surface area contributed by atoms with E-state index in [0.29, 0.717) is 39.2 Å². The van der Waals surface area contributed by atoms with Crippen molar-refractivity contribution in [1.82, 2.24) is 15.0 Å². The van der Waals surface area contributed by atoms with Crippen molar-refractivity contribution < 1.29 is 36.7 Å².